The number of aryl methyl sites for hydroxylation is 1. The highest BCUT2D eigenvalue weighted by atomic mass is 16.1. The van der Waals surface area contributed by atoms with Gasteiger partial charge in [0.15, 0.2) is 0 Å². The summed E-state index contributed by atoms with van der Waals surface area (Å²) < 4.78 is 0. The smallest absolute Gasteiger partial charge is 0.226 e. The van der Waals surface area contributed by atoms with E-state index in [0.29, 0.717) is 13.0 Å². The van der Waals surface area contributed by atoms with Crippen LogP contribution in [0.1, 0.15) is 38.3 Å². The highest BCUT2D eigenvalue weighted by Crippen LogP contribution is 2.29. The second-order valence-corrected chi connectivity index (χ2v) is 6.89. The second-order valence-electron chi connectivity index (χ2n) is 6.89. The molecule has 0 aliphatic rings. The lowest BCUT2D eigenvalue weighted by Gasteiger charge is -2.23. The zero-order chi connectivity index (χ0) is 16.9. The van der Waals surface area contributed by atoms with E-state index in [0.717, 1.165) is 16.9 Å². The summed E-state index contributed by atoms with van der Waals surface area (Å²) in [5, 5.41) is 6.32. The monoisotopic (exact) mass is 310 g/mol. The van der Waals surface area contributed by atoms with Crippen LogP contribution in [-0.4, -0.2) is 12.5 Å². The molecule has 0 aromatic heterocycles. The van der Waals surface area contributed by atoms with Crippen molar-refractivity contribution < 1.29 is 4.79 Å². The van der Waals surface area contributed by atoms with Crippen LogP contribution in [0.3, 0.4) is 0 Å². The molecule has 2 rings (SSSR count). The zero-order valence-electron chi connectivity index (χ0n) is 14.4. The molecule has 0 aliphatic heterocycles. The summed E-state index contributed by atoms with van der Waals surface area (Å²) in [5.41, 5.74) is 4.32. The summed E-state index contributed by atoms with van der Waals surface area (Å²) in [6, 6.07) is 16.2. The van der Waals surface area contributed by atoms with Crippen molar-refractivity contribution in [3.05, 3.63) is 59.7 Å². The second kappa shape index (κ2) is 7.32. The molecule has 0 atom stereocenters. The molecule has 23 heavy (non-hydrogen) atoms. The van der Waals surface area contributed by atoms with Gasteiger partial charge in [-0.15, -0.1) is 0 Å². The van der Waals surface area contributed by atoms with Gasteiger partial charge in [-0.3, -0.25) is 4.79 Å². The number of rotatable bonds is 5. The molecule has 1 amide bonds. The van der Waals surface area contributed by atoms with Crippen molar-refractivity contribution in [2.75, 3.05) is 17.2 Å². The van der Waals surface area contributed by atoms with Crippen molar-refractivity contribution in [2.45, 2.75) is 39.5 Å². The molecule has 0 heterocycles. The Hall–Kier alpha value is -2.29. The van der Waals surface area contributed by atoms with Gasteiger partial charge in [0.1, 0.15) is 0 Å². The van der Waals surface area contributed by atoms with Gasteiger partial charge in [-0.2, -0.15) is 0 Å². The Morgan fingerprint density at radius 3 is 2.48 bits per heavy atom. The van der Waals surface area contributed by atoms with Gasteiger partial charge in [0.2, 0.25) is 5.91 Å². The van der Waals surface area contributed by atoms with Crippen molar-refractivity contribution in [1.29, 1.82) is 0 Å². The molecule has 0 saturated heterocycles. The molecule has 2 aromatic rings. The number of carbonyl (C=O) groups excluding carboxylic acids is 1. The Bertz CT molecular complexity index is 671. The molecule has 122 valence electrons. The molecule has 2 N–H and O–H groups in total. The Morgan fingerprint density at radius 1 is 1.04 bits per heavy atom. The normalized spacial score (nSPS) is 11.1. The molecule has 0 spiro atoms. The lowest BCUT2D eigenvalue weighted by Crippen LogP contribution is -2.20. The van der Waals surface area contributed by atoms with Gasteiger partial charge < -0.3 is 10.6 Å². The maximum absolute atomic E-state index is 12.2. The topological polar surface area (TPSA) is 41.1 Å². The number of benzene rings is 2. The van der Waals surface area contributed by atoms with E-state index in [1.165, 1.54) is 5.56 Å². The fourth-order valence-electron chi connectivity index (χ4n) is 2.53. The molecule has 0 bridgehead atoms. The van der Waals surface area contributed by atoms with E-state index >= 15 is 0 Å². The molecule has 0 fully saturated rings. The van der Waals surface area contributed by atoms with Crippen molar-refractivity contribution in [2.24, 2.45) is 0 Å². The fraction of sp³-hybridized carbons (Fsp3) is 0.350. The summed E-state index contributed by atoms with van der Waals surface area (Å²) in [7, 11) is 0. The van der Waals surface area contributed by atoms with Crippen LogP contribution >= 0.6 is 0 Å². The predicted molar refractivity (Wildman–Crippen MR) is 98.1 cm³/mol. The molecule has 2 aromatic carbocycles. The number of hydrogen-bond acceptors (Lipinski definition) is 2. The third-order valence-corrected chi connectivity index (χ3v) is 3.71. The Balaban J connectivity index is 1.91. The highest BCUT2D eigenvalue weighted by molar-refractivity contribution is 5.92. The summed E-state index contributed by atoms with van der Waals surface area (Å²) in [5.74, 6) is 0.0295. The lowest BCUT2D eigenvalue weighted by molar-refractivity contribution is -0.115. The van der Waals surface area contributed by atoms with Crippen LogP contribution in [0.5, 0.6) is 0 Å². The quantitative estimate of drug-likeness (QED) is 0.838. The minimum absolute atomic E-state index is 0.00366. The molecular formula is C20H26N2O. The van der Waals surface area contributed by atoms with Crippen molar-refractivity contribution >= 4 is 17.3 Å². The van der Waals surface area contributed by atoms with Gasteiger partial charge in [0.05, 0.1) is 0 Å². The lowest BCUT2D eigenvalue weighted by atomic mass is 9.86. The van der Waals surface area contributed by atoms with E-state index in [2.05, 4.69) is 56.5 Å². The van der Waals surface area contributed by atoms with E-state index < -0.39 is 0 Å². The van der Waals surface area contributed by atoms with E-state index in [1.807, 2.05) is 30.3 Å². The largest absolute Gasteiger partial charge is 0.385 e. The van der Waals surface area contributed by atoms with Crippen LogP contribution in [0, 0.1) is 6.92 Å². The molecule has 3 heteroatoms. The number of hydrogen-bond donors (Lipinski definition) is 2. The van der Waals surface area contributed by atoms with Crippen LogP contribution in [0.4, 0.5) is 11.4 Å². The van der Waals surface area contributed by atoms with Crippen molar-refractivity contribution in [3.63, 3.8) is 0 Å². The van der Waals surface area contributed by atoms with Crippen LogP contribution in [0.2, 0.25) is 0 Å². The first-order chi connectivity index (χ1) is 10.9. The van der Waals surface area contributed by atoms with Crippen molar-refractivity contribution in [3.8, 4) is 0 Å². The molecule has 3 nitrogen and oxygen atoms in total. The number of anilines is 2. The molecular weight excluding hydrogens is 284 g/mol. The average Bonchev–Trinajstić information content (AvgIpc) is 2.47. The number of amides is 1. The molecule has 0 radical (unpaired) electrons. The minimum Gasteiger partial charge on any atom is -0.385 e. The Kier molecular flexibility index (Phi) is 5.43. The third-order valence-electron chi connectivity index (χ3n) is 3.71. The highest BCUT2D eigenvalue weighted by Gasteiger charge is 2.18. The SMILES string of the molecule is Cc1cccc(NCCC(=O)Nc2ccccc2C(C)(C)C)c1. The summed E-state index contributed by atoms with van der Waals surface area (Å²) in [6.07, 6.45) is 0.437. The molecule has 0 aliphatic carbocycles. The van der Waals surface area contributed by atoms with Gasteiger partial charge in [-0.25, -0.2) is 0 Å². The van der Waals surface area contributed by atoms with Gasteiger partial charge >= 0.3 is 0 Å². The van der Waals surface area contributed by atoms with Crippen LogP contribution < -0.4 is 10.6 Å². The van der Waals surface area contributed by atoms with Gasteiger partial charge in [-0.05, 0) is 41.7 Å². The number of carbonyl (C=O) groups is 1. The zero-order valence-corrected chi connectivity index (χ0v) is 14.4. The molecule has 0 unspecified atom stereocenters. The maximum atomic E-state index is 12.2. The predicted octanol–water partition coefficient (Wildman–Crippen LogP) is 4.73. The Morgan fingerprint density at radius 2 is 1.78 bits per heavy atom. The fourth-order valence-corrected chi connectivity index (χ4v) is 2.53. The Labute approximate surface area is 139 Å². The van der Waals surface area contributed by atoms with E-state index in [-0.39, 0.29) is 11.3 Å². The van der Waals surface area contributed by atoms with Crippen LogP contribution in [-0.2, 0) is 10.2 Å². The standard InChI is InChI=1S/C20H26N2O/c1-15-8-7-9-16(14-15)21-13-12-19(23)22-18-11-6-5-10-17(18)20(2,3)4/h5-11,14,21H,12-13H2,1-4H3,(H,22,23). The number of nitrogens with one attached hydrogen (secondary N) is 2. The van der Waals surface area contributed by atoms with Gasteiger partial charge in [0.25, 0.3) is 0 Å². The third kappa shape index (κ3) is 5.13. The number of para-hydroxylation sites is 1. The first-order valence-corrected chi connectivity index (χ1v) is 8.06. The first-order valence-electron chi connectivity index (χ1n) is 8.06. The van der Waals surface area contributed by atoms with E-state index in [4.69, 9.17) is 0 Å². The average molecular weight is 310 g/mol. The minimum atomic E-state index is 0.00366. The van der Waals surface area contributed by atoms with Gasteiger partial charge in [-0.1, -0.05) is 51.1 Å². The van der Waals surface area contributed by atoms with Crippen molar-refractivity contribution in [1.82, 2.24) is 0 Å². The van der Waals surface area contributed by atoms with E-state index in [9.17, 15) is 4.79 Å². The summed E-state index contributed by atoms with van der Waals surface area (Å²) >= 11 is 0. The van der Waals surface area contributed by atoms with E-state index in [1.54, 1.807) is 0 Å². The molecule has 0 saturated carbocycles. The van der Waals surface area contributed by atoms with Crippen LogP contribution in [0.25, 0.3) is 0 Å². The van der Waals surface area contributed by atoms with Crippen LogP contribution in [0.15, 0.2) is 48.5 Å². The summed E-state index contributed by atoms with van der Waals surface area (Å²) in [6.45, 7) is 9.13. The first kappa shape index (κ1) is 17.1. The summed E-state index contributed by atoms with van der Waals surface area (Å²) in [4.78, 5) is 12.2. The maximum Gasteiger partial charge on any atom is 0.226 e. The van der Waals surface area contributed by atoms with Gasteiger partial charge in [0, 0.05) is 24.3 Å².